The van der Waals surface area contributed by atoms with Gasteiger partial charge in [-0.3, -0.25) is 4.79 Å². The highest BCUT2D eigenvalue weighted by molar-refractivity contribution is 5.88. The predicted molar refractivity (Wildman–Crippen MR) is 94.1 cm³/mol. The van der Waals surface area contributed by atoms with Gasteiger partial charge in [0.25, 0.3) is 0 Å². The normalized spacial score (nSPS) is 9.57. The first-order chi connectivity index (χ1) is 11.0. The van der Waals surface area contributed by atoms with E-state index in [0.717, 1.165) is 6.42 Å². The molecule has 5 nitrogen and oxygen atoms in total. The van der Waals surface area contributed by atoms with Gasteiger partial charge in [-0.05, 0) is 36.9 Å². The van der Waals surface area contributed by atoms with Crippen molar-refractivity contribution in [3.8, 4) is 5.75 Å². The summed E-state index contributed by atoms with van der Waals surface area (Å²) >= 11 is 0. The first-order valence-corrected chi connectivity index (χ1v) is 7.68. The van der Waals surface area contributed by atoms with Gasteiger partial charge in [0.15, 0.2) is 0 Å². The van der Waals surface area contributed by atoms with E-state index in [9.17, 15) is 9.59 Å². The van der Waals surface area contributed by atoms with Crippen molar-refractivity contribution >= 4 is 17.6 Å². The summed E-state index contributed by atoms with van der Waals surface area (Å²) in [6.07, 6.45) is 6.16. The van der Waals surface area contributed by atoms with Gasteiger partial charge in [0.1, 0.15) is 12.3 Å². The molecule has 1 amide bonds. The van der Waals surface area contributed by atoms with E-state index in [1.165, 1.54) is 6.92 Å². The summed E-state index contributed by atoms with van der Waals surface area (Å²) in [7, 11) is 0. The maximum atomic E-state index is 11.8. The molecule has 0 aliphatic heterocycles. The summed E-state index contributed by atoms with van der Waals surface area (Å²) < 4.78 is 5.21. The number of hydrogen-bond acceptors (Lipinski definition) is 4. The molecule has 126 valence electrons. The van der Waals surface area contributed by atoms with Gasteiger partial charge in [-0.1, -0.05) is 33.4 Å². The molecular weight excluding hydrogens is 292 g/mol. The lowest BCUT2D eigenvalue weighted by Gasteiger charge is -2.14. The van der Waals surface area contributed by atoms with Crippen LogP contribution in [0.15, 0.2) is 49.3 Å². The van der Waals surface area contributed by atoms with Crippen LogP contribution < -0.4 is 10.1 Å². The van der Waals surface area contributed by atoms with E-state index in [-0.39, 0.29) is 18.4 Å². The maximum absolute atomic E-state index is 11.8. The standard InChI is InChI=1S/C16H20N2O3.C2H6/c1-4-6-11-18(5-2)12-16(20)21-15-9-7-14(8-10-15)17-13(3)19;1-2/h5-11H,2,4,12H2,1,3H3,(H,17,19);1-2H3/b11-6-;. The Morgan fingerprint density at radius 1 is 1.26 bits per heavy atom. The zero-order valence-corrected chi connectivity index (χ0v) is 14.3. The second kappa shape index (κ2) is 12.0. The lowest BCUT2D eigenvalue weighted by atomic mass is 10.3. The van der Waals surface area contributed by atoms with Crippen LogP contribution in [0.2, 0.25) is 0 Å². The number of rotatable bonds is 7. The number of nitrogens with one attached hydrogen (secondary N) is 1. The number of carbonyl (C=O) groups excluding carboxylic acids is 2. The fourth-order valence-electron chi connectivity index (χ4n) is 1.54. The second-order valence-corrected chi connectivity index (χ2v) is 4.33. The van der Waals surface area contributed by atoms with E-state index in [4.69, 9.17) is 4.74 Å². The van der Waals surface area contributed by atoms with E-state index in [1.807, 2.05) is 26.8 Å². The zero-order valence-electron chi connectivity index (χ0n) is 14.3. The minimum Gasteiger partial charge on any atom is -0.425 e. The third-order valence-corrected chi connectivity index (χ3v) is 2.49. The van der Waals surface area contributed by atoms with Crippen molar-refractivity contribution in [1.29, 1.82) is 0 Å². The largest absolute Gasteiger partial charge is 0.425 e. The van der Waals surface area contributed by atoms with E-state index in [1.54, 1.807) is 41.6 Å². The number of ether oxygens (including phenoxy) is 1. The molecule has 0 aliphatic carbocycles. The van der Waals surface area contributed by atoms with Gasteiger partial charge >= 0.3 is 5.97 Å². The fourth-order valence-corrected chi connectivity index (χ4v) is 1.54. The molecule has 0 saturated carbocycles. The summed E-state index contributed by atoms with van der Waals surface area (Å²) in [4.78, 5) is 24.3. The van der Waals surface area contributed by atoms with Gasteiger partial charge in [-0.15, -0.1) is 0 Å². The molecule has 1 aromatic rings. The number of hydrogen-bond donors (Lipinski definition) is 1. The molecule has 0 heterocycles. The maximum Gasteiger partial charge on any atom is 0.331 e. The Morgan fingerprint density at radius 3 is 2.35 bits per heavy atom. The van der Waals surface area contributed by atoms with Gasteiger partial charge in [-0.25, -0.2) is 4.79 Å². The zero-order chi connectivity index (χ0) is 17.7. The van der Waals surface area contributed by atoms with Crippen LogP contribution in [-0.2, 0) is 9.59 Å². The van der Waals surface area contributed by atoms with Gasteiger partial charge in [0, 0.05) is 18.8 Å². The van der Waals surface area contributed by atoms with Crippen molar-refractivity contribution in [3.05, 3.63) is 49.3 Å². The monoisotopic (exact) mass is 318 g/mol. The van der Waals surface area contributed by atoms with Crippen LogP contribution >= 0.6 is 0 Å². The molecule has 0 unspecified atom stereocenters. The van der Waals surface area contributed by atoms with Crippen molar-refractivity contribution in [2.75, 3.05) is 11.9 Å². The van der Waals surface area contributed by atoms with Crippen molar-refractivity contribution in [2.45, 2.75) is 34.1 Å². The van der Waals surface area contributed by atoms with Gasteiger partial charge in [-0.2, -0.15) is 0 Å². The van der Waals surface area contributed by atoms with Gasteiger partial charge in [0.05, 0.1) is 0 Å². The Morgan fingerprint density at radius 2 is 1.87 bits per heavy atom. The van der Waals surface area contributed by atoms with Crippen LogP contribution in [0.4, 0.5) is 5.69 Å². The molecule has 0 saturated heterocycles. The Hall–Kier alpha value is -2.56. The average molecular weight is 318 g/mol. The van der Waals surface area contributed by atoms with Crippen LogP contribution in [-0.4, -0.2) is 23.3 Å². The highest BCUT2D eigenvalue weighted by Gasteiger charge is 2.07. The van der Waals surface area contributed by atoms with E-state index < -0.39 is 0 Å². The quantitative estimate of drug-likeness (QED) is 0.611. The van der Waals surface area contributed by atoms with Crippen LogP contribution in [0.5, 0.6) is 5.75 Å². The molecule has 0 aliphatic rings. The highest BCUT2D eigenvalue weighted by atomic mass is 16.5. The molecule has 0 bridgehead atoms. The fraction of sp³-hybridized carbons (Fsp3) is 0.333. The van der Waals surface area contributed by atoms with Crippen molar-refractivity contribution in [3.63, 3.8) is 0 Å². The smallest absolute Gasteiger partial charge is 0.331 e. The first kappa shape index (κ1) is 20.4. The average Bonchev–Trinajstić information content (AvgIpc) is 2.54. The molecule has 0 atom stereocenters. The molecule has 0 spiro atoms. The second-order valence-electron chi connectivity index (χ2n) is 4.33. The molecule has 5 heteroatoms. The van der Waals surface area contributed by atoms with Crippen LogP contribution in [0.3, 0.4) is 0 Å². The van der Waals surface area contributed by atoms with Crippen molar-refractivity contribution in [1.82, 2.24) is 4.90 Å². The van der Waals surface area contributed by atoms with E-state index in [0.29, 0.717) is 11.4 Å². The lowest BCUT2D eigenvalue weighted by molar-refractivity contribution is -0.134. The molecule has 1 rings (SSSR count). The topological polar surface area (TPSA) is 58.6 Å². The van der Waals surface area contributed by atoms with Crippen LogP contribution in [0.25, 0.3) is 0 Å². The Kier molecular flexibility index (Phi) is 10.7. The molecular formula is C18H26N2O3. The third-order valence-electron chi connectivity index (χ3n) is 2.49. The first-order valence-electron chi connectivity index (χ1n) is 7.68. The summed E-state index contributed by atoms with van der Waals surface area (Å²) in [6, 6.07) is 6.60. The number of amides is 1. The third kappa shape index (κ3) is 9.14. The molecule has 1 N–H and O–H groups in total. The molecule has 0 aromatic heterocycles. The van der Waals surface area contributed by atoms with Crippen molar-refractivity contribution in [2.24, 2.45) is 0 Å². The Labute approximate surface area is 138 Å². The van der Waals surface area contributed by atoms with Crippen molar-refractivity contribution < 1.29 is 14.3 Å². The molecule has 23 heavy (non-hydrogen) atoms. The van der Waals surface area contributed by atoms with Crippen LogP contribution in [0.1, 0.15) is 34.1 Å². The summed E-state index contributed by atoms with van der Waals surface area (Å²) in [5, 5.41) is 2.64. The number of carbonyl (C=O) groups is 2. The number of allylic oxidation sites excluding steroid dienone is 1. The highest BCUT2D eigenvalue weighted by Crippen LogP contribution is 2.15. The molecule has 1 aromatic carbocycles. The lowest BCUT2D eigenvalue weighted by Crippen LogP contribution is -2.24. The molecule has 0 radical (unpaired) electrons. The van der Waals surface area contributed by atoms with Gasteiger partial charge in [0.2, 0.25) is 5.91 Å². The number of anilines is 1. The SMILES string of the molecule is C=CN(/C=C\CC)CC(=O)Oc1ccc(NC(C)=O)cc1.CC. The number of esters is 1. The summed E-state index contributed by atoms with van der Waals surface area (Å²) in [5.41, 5.74) is 0.654. The van der Waals surface area contributed by atoms with Crippen LogP contribution in [0, 0.1) is 0 Å². The number of nitrogens with zero attached hydrogens (tertiary/aromatic N) is 1. The van der Waals surface area contributed by atoms with E-state index in [2.05, 4.69) is 11.9 Å². The summed E-state index contributed by atoms with van der Waals surface area (Å²) in [5.74, 6) is -0.107. The summed E-state index contributed by atoms with van der Waals surface area (Å²) in [6.45, 7) is 11.2. The molecule has 0 fully saturated rings. The Bertz CT molecular complexity index is 522. The minimum atomic E-state index is -0.386. The number of benzene rings is 1. The van der Waals surface area contributed by atoms with E-state index >= 15 is 0 Å². The minimum absolute atomic E-state index is 0.0907. The van der Waals surface area contributed by atoms with Gasteiger partial charge < -0.3 is 15.0 Å². The predicted octanol–water partition coefficient (Wildman–Crippen LogP) is 3.95. The Balaban J connectivity index is 0.00000232.